The molecule has 3 rings (SSSR count). The summed E-state index contributed by atoms with van der Waals surface area (Å²) in [4.78, 5) is 26.7. The molecule has 3 aromatic carbocycles. The summed E-state index contributed by atoms with van der Waals surface area (Å²) in [5.41, 5.74) is -10.3. The molecule has 0 aliphatic carbocycles. The molecule has 18 nitrogen and oxygen atoms in total. The predicted octanol–water partition coefficient (Wildman–Crippen LogP) is 17.0. The van der Waals surface area contributed by atoms with Gasteiger partial charge in [0.1, 0.15) is 65.1 Å². The lowest BCUT2D eigenvalue weighted by Gasteiger charge is -2.35. The third kappa shape index (κ3) is 26.9. The van der Waals surface area contributed by atoms with Crippen LogP contribution in [-0.2, 0) is 47.4 Å². The smallest absolute Gasteiger partial charge is 0.470 e. The maximum absolute atomic E-state index is 15.7. The Kier molecular flexibility index (Phi) is 32.7. The molecule has 6 atom stereocenters. The molecule has 0 saturated carbocycles. The Labute approximate surface area is 613 Å². The standard InChI is InChI=1S/C60H50F36O18/c1-45(2,69)57(89,90)113-49(73,54(80,81)82)27-101-17-20-104-32-10-8-30(24-34(32)106-22-18-102-28-50(74,55(83,84)85)114-58(91,92)46(3,4)70)43(98)110-41-38(65)36(63)40(37(64)39(41)66)109-42(97)29-7-9-31(103-19-15-99-25-47(5,71)111-59(93,94)52(78,44(67)68)107-13-11-35(61)62)33(23-29)105-21-16-100-26-48(6,72)112-60(95,96)53(79,56(86,87)88)108-14-12-51(75,76)77/h7-10,23-24,35,44H,15-22,25-28H2,1-6H3. The Balaban J connectivity index is 2.01. The van der Waals surface area contributed by atoms with Crippen LogP contribution in [0.1, 0.15) is 62.3 Å². The second-order valence-electron chi connectivity index (χ2n) is 23.2. The lowest BCUT2D eigenvalue weighted by atomic mass is 10.1. The minimum Gasteiger partial charge on any atom is -0.487 e. The van der Waals surface area contributed by atoms with Gasteiger partial charge in [-0.3, -0.25) is 18.9 Å². The van der Waals surface area contributed by atoms with E-state index in [1.54, 1.807) is 0 Å². The first-order valence-corrected chi connectivity index (χ1v) is 29.8. The number of carbonyl (C=O) groups is 2. The quantitative estimate of drug-likeness (QED) is 0.0130. The first-order valence-electron chi connectivity index (χ1n) is 29.8. The maximum Gasteiger partial charge on any atom is 0.470 e. The van der Waals surface area contributed by atoms with Crippen molar-refractivity contribution < 1.29 is 243 Å². The Morgan fingerprint density at radius 3 is 1.00 bits per heavy atom. The number of hydrogen-bond donors (Lipinski definition) is 0. The van der Waals surface area contributed by atoms with Crippen LogP contribution in [-0.4, -0.2) is 200 Å². The third-order valence-electron chi connectivity index (χ3n) is 12.8. The van der Waals surface area contributed by atoms with E-state index in [4.69, 9.17) is 18.9 Å². The monoisotopic (exact) mass is 1740 g/mol. The van der Waals surface area contributed by atoms with Crippen LogP contribution in [0.15, 0.2) is 36.4 Å². The number of alkyl halides is 32. The van der Waals surface area contributed by atoms with E-state index in [0.29, 0.717) is 42.4 Å². The maximum atomic E-state index is 15.7. The minimum atomic E-state index is -7.06. The van der Waals surface area contributed by atoms with Gasteiger partial charge in [0.25, 0.3) is 0 Å². The number of carbonyl (C=O) groups excluding carboxylic acids is 2. The largest absolute Gasteiger partial charge is 0.487 e. The number of benzene rings is 3. The van der Waals surface area contributed by atoms with E-state index >= 15 is 26.3 Å². The summed E-state index contributed by atoms with van der Waals surface area (Å²) < 4.78 is 570. The number of hydrogen-bond acceptors (Lipinski definition) is 18. The Morgan fingerprint density at radius 2 is 0.702 bits per heavy atom. The molecule has 0 amide bonds. The third-order valence-corrected chi connectivity index (χ3v) is 12.8. The number of esters is 2. The van der Waals surface area contributed by atoms with Crippen LogP contribution >= 0.6 is 0 Å². The lowest BCUT2D eigenvalue weighted by molar-refractivity contribution is -0.472. The van der Waals surface area contributed by atoms with Crippen molar-refractivity contribution in [3.8, 4) is 58.6 Å². The zero-order valence-electron chi connectivity index (χ0n) is 57.1. The summed E-state index contributed by atoms with van der Waals surface area (Å²) in [6.07, 6.45) is -57.8. The first-order chi connectivity index (χ1) is 51.4. The Bertz CT molecular complexity index is 3810. The van der Waals surface area contributed by atoms with Gasteiger partial charge < -0.3 is 56.8 Å². The molecule has 3 aromatic rings. The molecule has 114 heavy (non-hydrogen) atoms. The average Bonchev–Trinajstić information content (AvgIpc) is 0.758. The van der Waals surface area contributed by atoms with Gasteiger partial charge in [0, 0.05) is 5.92 Å². The van der Waals surface area contributed by atoms with E-state index < -0.39 is 269 Å². The van der Waals surface area contributed by atoms with Crippen molar-refractivity contribution >= 4 is 11.9 Å². The van der Waals surface area contributed by atoms with Gasteiger partial charge in [0.2, 0.25) is 46.5 Å². The molecule has 54 heteroatoms. The molecule has 0 spiro atoms. The number of ether oxygens (including phenoxy) is 16. The highest BCUT2D eigenvalue weighted by Crippen LogP contribution is 2.51. The van der Waals surface area contributed by atoms with Crippen molar-refractivity contribution in [3.05, 3.63) is 70.8 Å². The molecule has 0 fully saturated rings. The zero-order valence-corrected chi connectivity index (χ0v) is 57.1. The Hall–Kier alpha value is -8.32. The van der Waals surface area contributed by atoms with Crippen LogP contribution < -0.4 is 28.4 Å². The fourth-order valence-electron chi connectivity index (χ4n) is 7.10. The Morgan fingerprint density at radius 1 is 0.377 bits per heavy atom. The van der Waals surface area contributed by atoms with Crippen molar-refractivity contribution in [3.63, 3.8) is 0 Å². The highest BCUT2D eigenvalue weighted by molar-refractivity contribution is 5.93. The summed E-state index contributed by atoms with van der Waals surface area (Å²) >= 11 is 0. The summed E-state index contributed by atoms with van der Waals surface area (Å²) in [5, 5.41) is 0. The van der Waals surface area contributed by atoms with Crippen molar-refractivity contribution in [2.45, 2.75) is 150 Å². The summed E-state index contributed by atoms with van der Waals surface area (Å²) in [6, 6.07) is 2.45. The van der Waals surface area contributed by atoms with E-state index in [1.165, 1.54) is 0 Å². The summed E-state index contributed by atoms with van der Waals surface area (Å²) in [7, 11) is 0. The van der Waals surface area contributed by atoms with Gasteiger partial charge in [-0.2, -0.15) is 132 Å². The van der Waals surface area contributed by atoms with Gasteiger partial charge in [-0.1, -0.05) is 0 Å². The molecule has 0 saturated heterocycles. The van der Waals surface area contributed by atoms with Gasteiger partial charge in [-0.05, 0) is 77.9 Å². The predicted molar refractivity (Wildman–Crippen MR) is 297 cm³/mol. The van der Waals surface area contributed by atoms with Gasteiger partial charge >= 0.3 is 97.3 Å². The van der Waals surface area contributed by atoms with Gasteiger partial charge in [0.15, 0.2) is 34.3 Å². The van der Waals surface area contributed by atoms with Crippen molar-refractivity contribution in [2.75, 3.05) is 79.3 Å². The molecular formula is C60H50F36O18. The number of halogens is 36. The van der Waals surface area contributed by atoms with E-state index in [-0.39, 0.29) is 59.6 Å². The molecule has 0 bridgehead atoms. The highest BCUT2D eigenvalue weighted by Gasteiger charge is 2.78. The van der Waals surface area contributed by atoms with Crippen LogP contribution in [0.2, 0.25) is 0 Å². The molecule has 0 heterocycles. The fraction of sp³-hybridized carbons (Fsp3) is 0.600. The van der Waals surface area contributed by atoms with Crippen LogP contribution in [0.25, 0.3) is 0 Å². The molecule has 650 valence electrons. The molecule has 0 aliphatic heterocycles. The second-order valence-corrected chi connectivity index (χ2v) is 23.2. The second kappa shape index (κ2) is 37.3. The summed E-state index contributed by atoms with van der Waals surface area (Å²) in [5.74, 6) is -55.8. The average molecular weight is 1740 g/mol. The summed E-state index contributed by atoms with van der Waals surface area (Å²) in [6.45, 7) is -19.3. The van der Waals surface area contributed by atoms with Crippen LogP contribution in [0.3, 0.4) is 0 Å². The van der Waals surface area contributed by atoms with Gasteiger partial charge in [-0.25, -0.2) is 35.9 Å². The highest BCUT2D eigenvalue weighted by atomic mass is 19.4. The molecule has 0 aliphatic rings. The van der Waals surface area contributed by atoms with E-state index in [2.05, 4.69) is 56.8 Å². The van der Waals surface area contributed by atoms with Crippen molar-refractivity contribution in [1.82, 2.24) is 0 Å². The molecule has 0 N–H and O–H groups in total. The SMILES string of the molecule is CC(F)(COCCOc1ccc(C(=O)Oc2c(F)c(F)c(OC(=O)c3ccc(OCCOCC(F)(OC(F)(F)C(C)(C)F)C(F)(F)F)c(OCCOCC(F)(OC(F)(F)C(C)(C)F)C(F)(F)F)c3)c(F)c2F)cc1OCCOCC(C)(F)OC(F)(F)C(F)(OC#CC(F)(F)F)C(F)(F)F)OC(F)(F)C(F)(OC#CC(F)F)C(F)F. The van der Waals surface area contributed by atoms with Crippen LogP contribution in [0.5, 0.6) is 34.5 Å². The zero-order chi connectivity index (χ0) is 88.1. The molecular weight excluding hydrogens is 1690 g/mol. The number of rotatable bonds is 43. The fourth-order valence-corrected chi connectivity index (χ4v) is 7.10. The lowest BCUT2D eigenvalue weighted by Crippen LogP contribution is -2.60. The van der Waals surface area contributed by atoms with Crippen molar-refractivity contribution in [2.24, 2.45) is 0 Å². The van der Waals surface area contributed by atoms with Gasteiger partial charge in [0.05, 0.1) is 43.5 Å². The first kappa shape index (κ1) is 99.9. The van der Waals surface area contributed by atoms with Crippen LogP contribution in [0.4, 0.5) is 158 Å². The minimum absolute atomic E-state index is 0.0188. The topological polar surface area (TPSA) is 182 Å². The molecule has 0 aromatic heterocycles. The van der Waals surface area contributed by atoms with E-state index in [0.717, 1.165) is 0 Å². The van der Waals surface area contributed by atoms with Gasteiger partial charge in [-0.15, -0.1) is 0 Å². The normalized spacial score (nSPS) is 16.3. The van der Waals surface area contributed by atoms with Crippen molar-refractivity contribution in [1.29, 1.82) is 0 Å². The van der Waals surface area contributed by atoms with Crippen LogP contribution in [0, 0.1) is 47.3 Å². The van der Waals surface area contributed by atoms with E-state index in [9.17, 15) is 141 Å². The molecule has 6 unspecified atom stereocenters. The molecule has 0 radical (unpaired) electrons. The van der Waals surface area contributed by atoms with E-state index in [1.807, 2.05) is 0 Å².